The van der Waals surface area contributed by atoms with E-state index in [4.69, 9.17) is 23.5 Å². The number of allylic oxidation sites excluding steroid dienone is 2. The van der Waals surface area contributed by atoms with Crippen LogP contribution in [0, 0.1) is 0 Å². The van der Waals surface area contributed by atoms with Gasteiger partial charge in [-0.1, -0.05) is 103 Å². The van der Waals surface area contributed by atoms with E-state index in [9.17, 15) is 28.5 Å². The van der Waals surface area contributed by atoms with E-state index in [0.717, 1.165) is 44.9 Å². The van der Waals surface area contributed by atoms with Crippen molar-refractivity contribution in [2.75, 3.05) is 26.4 Å². The first kappa shape index (κ1) is 43.9. The zero-order valence-electron chi connectivity index (χ0n) is 28.8. The van der Waals surface area contributed by atoms with E-state index >= 15 is 0 Å². The van der Waals surface area contributed by atoms with Gasteiger partial charge in [-0.15, -0.1) is 0 Å². The molecule has 1 aliphatic heterocycles. The van der Waals surface area contributed by atoms with Gasteiger partial charge in [0.2, 0.25) is 0 Å². The van der Waals surface area contributed by atoms with Crippen LogP contribution in [0.5, 0.6) is 0 Å². The highest BCUT2D eigenvalue weighted by atomic mass is 32.3. The Hall–Kier alpha value is -1.16. The normalized spacial score (nSPS) is 22.6. The van der Waals surface area contributed by atoms with Gasteiger partial charge in [0.05, 0.1) is 19.8 Å². The molecule has 0 aromatic heterocycles. The zero-order chi connectivity index (χ0) is 34.8. The minimum atomic E-state index is -5.05. The Kier molecular flexibility index (Phi) is 25.8. The number of esters is 1. The van der Waals surface area contributed by atoms with E-state index in [1.54, 1.807) is 0 Å². The van der Waals surface area contributed by atoms with Crippen LogP contribution in [0.3, 0.4) is 0 Å². The Morgan fingerprint density at radius 3 is 1.91 bits per heavy atom. The molecule has 0 bridgehead atoms. The molecule has 0 aliphatic carbocycles. The number of unbranched alkanes of at least 4 members (excludes halogenated alkanes) is 15. The molecule has 1 saturated heterocycles. The zero-order valence-corrected chi connectivity index (χ0v) is 29.7. The summed E-state index contributed by atoms with van der Waals surface area (Å²) in [6, 6.07) is 0. The molecule has 0 aromatic carbocycles. The maximum Gasteiger partial charge on any atom is 0.397 e. The Morgan fingerprint density at radius 1 is 0.787 bits per heavy atom. The molecule has 12 nitrogen and oxygen atoms in total. The van der Waals surface area contributed by atoms with Gasteiger partial charge in [-0.25, -0.2) is 4.18 Å². The van der Waals surface area contributed by atoms with Crippen LogP contribution in [-0.2, 0) is 38.3 Å². The lowest BCUT2D eigenvalue weighted by atomic mass is 9.99. The van der Waals surface area contributed by atoms with Crippen LogP contribution in [0.1, 0.15) is 136 Å². The lowest BCUT2D eigenvalue weighted by Crippen LogP contribution is -2.60. The van der Waals surface area contributed by atoms with E-state index < -0.39 is 59.8 Å². The maximum absolute atomic E-state index is 12.5. The Bertz CT molecular complexity index is 900. The van der Waals surface area contributed by atoms with Gasteiger partial charge in [0.1, 0.15) is 30.5 Å². The molecule has 1 heterocycles. The summed E-state index contributed by atoms with van der Waals surface area (Å²) in [6.07, 6.45) is 16.2. The van der Waals surface area contributed by atoms with Crippen LogP contribution >= 0.6 is 0 Å². The first-order valence-electron chi connectivity index (χ1n) is 17.9. The van der Waals surface area contributed by atoms with Crippen molar-refractivity contribution < 1.29 is 56.2 Å². The van der Waals surface area contributed by atoms with Crippen LogP contribution < -0.4 is 0 Å². The molecule has 278 valence electrons. The third-order valence-electron chi connectivity index (χ3n) is 8.14. The minimum absolute atomic E-state index is 0.0333. The smallest absolute Gasteiger partial charge is 0.397 e. The first-order valence-corrected chi connectivity index (χ1v) is 19.3. The van der Waals surface area contributed by atoms with Crippen LogP contribution in [0.25, 0.3) is 0 Å². The molecule has 1 aliphatic rings. The standard InChI is InChI=1S/C34H64O12S/c1-3-5-7-9-10-11-12-13-14-15-16-17-18-19-20-22-24-42-26-28(44-30(36)23-21-8-6-4-2)27-43-34-32(38)33(46-47(39,40)41)31(37)29(25-35)45-34/h13-14,28-29,31-35,37-38H,3-12,15-27H2,1-2H3,(H,39,40,41)/b14-13-. The van der Waals surface area contributed by atoms with Crippen molar-refractivity contribution >= 4 is 16.4 Å². The number of carbonyl (C=O) groups is 1. The average Bonchev–Trinajstić information content (AvgIpc) is 3.03. The molecular weight excluding hydrogens is 632 g/mol. The molecule has 6 unspecified atom stereocenters. The van der Waals surface area contributed by atoms with Crippen molar-refractivity contribution in [1.82, 2.24) is 0 Å². The summed E-state index contributed by atoms with van der Waals surface area (Å²) in [5.74, 6) is -0.420. The largest absolute Gasteiger partial charge is 0.457 e. The molecule has 0 amide bonds. The first-order chi connectivity index (χ1) is 22.6. The molecule has 1 fully saturated rings. The van der Waals surface area contributed by atoms with Crippen molar-refractivity contribution in [2.24, 2.45) is 0 Å². The van der Waals surface area contributed by atoms with Gasteiger partial charge in [0.15, 0.2) is 6.29 Å². The maximum atomic E-state index is 12.5. The summed E-state index contributed by atoms with van der Waals surface area (Å²) in [7, 11) is -5.05. The Morgan fingerprint density at radius 2 is 1.34 bits per heavy atom. The van der Waals surface area contributed by atoms with Crippen LogP contribution in [0.4, 0.5) is 0 Å². The second-order valence-electron chi connectivity index (χ2n) is 12.5. The third-order valence-corrected chi connectivity index (χ3v) is 8.60. The predicted octanol–water partition coefficient (Wildman–Crippen LogP) is 5.57. The lowest BCUT2D eigenvalue weighted by Gasteiger charge is -2.41. The van der Waals surface area contributed by atoms with Crippen molar-refractivity contribution in [3.8, 4) is 0 Å². The summed E-state index contributed by atoms with van der Waals surface area (Å²) in [5, 5.41) is 30.3. The lowest BCUT2D eigenvalue weighted by molar-refractivity contribution is -0.301. The van der Waals surface area contributed by atoms with E-state index in [2.05, 4.69) is 30.2 Å². The van der Waals surface area contributed by atoms with Crippen LogP contribution in [0.2, 0.25) is 0 Å². The van der Waals surface area contributed by atoms with Gasteiger partial charge in [0.25, 0.3) is 0 Å². The third kappa shape index (κ3) is 22.2. The molecular formula is C34H64O12S. The number of ether oxygens (including phenoxy) is 4. The van der Waals surface area contributed by atoms with Crippen molar-refractivity contribution in [3.63, 3.8) is 0 Å². The van der Waals surface area contributed by atoms with Crippen molar-refractivity contribution in [3.05, 3.63) is 12.2 Å². The van der Waals surface area contributed by atoms with E-state index in [1.165, 1.54) is 64.2 Å². The molecule has 0 aromatic rings. The fourth-order valence-electron chi connectivity index (χ4n) is 5.37. The van der Waals surface area contributed by atoms with E-state index in [0.29, 0.717) is 13.0 Å². The molecule has 47 heavy (non-hydrogen) atoms. The quantitative estimate of drug-likeness (QED) is 0.0318. The summed E-state index contributed by atoms with van der Waals surface area (Å²) < 4.78 is 58.3. The monoisotopic (exact) mass is 696 g/mol. The highest BCUT2D eigenvalue weighted by molar-refractivity contribution is 7.80. The van der Waals surface area contributed by atoms with Gasteiger partial charge in [-0.2, -0.15) is 8.42 Å². The number of rotatable bonds is 30. The summed E-state index contributed by atoms with van der Waals surface area (Å²) in [4.78, 5) is 12.5. The van der Waals surface area contributed by atoms with Crippen LogP contribution in [-0.4, -0.2) is 97.5 Å². The highest BCUT2D eigenvalue weighted by Gasteiger charge is 2.48. The van der Waals surface area contributed by atoms with Crippen molar-refractivity contribution in [1.29, 1.82) is 0 Å². The second-order valence-corrected chi connectivity index (χ2v) is 13.5. The number of aliphatic hydroxyl groups excluding tert-OH is 3. The number of aliphatic hydroxyl groups is 3. The number of hydrogen-bond acceptors (Lipinski definition) is 11. The van der Waals surface area contributed by atoms with Gasteiger partial charge in [-0.05, 0) is 38.5 Å². The molecule has 13 heteroatoms. The highest BCUT2D eigenvalue weighted by Crippen LogP contribution is 2.26. The molecule has 0 radical (unpaired) electrons. The number of hydrogen-bond donors (Lipinski definition) is 4. The average molecular weight is 697 g/mol. The second kappa shape index (κ2) is 27.6. The van der Waals surface area contributed by atoms with Crippen LogP contribution in [0.15, 0.2) is 12.2 Å². The molecule has 0 spiro atoms. The van der Waals surface area contributed by atoms with Crippen molar-refractivity contribution in [2.45, 2.75) is 173 Å². The predicted molar refractivity (Wildman–Crippen MR) is 179 cm³/mol. The molecule has 1 rings (SSSR count). The van der Waals surface area contributed by atoms with Gasteiger partial charge in [-0.3, -0.25) is 9.35 Å². The molecule has 4 N–H and O–H groups in total. The van der Waals surface area contributed by atoms with Gasteiger partial charge < -0.3 is 34.3 Å². The molecule has 0 saturated carbocycles. The Balaban J connectivity index is 2.41. The molecule has 6 atom stereocenters. The topological polar surface area (TPSA) is 178 Å². The summed E-state index contributed by atoms with van der Waals surface area (Å²) >= 11 is 0. The van der Waals surface area contributed by atoms with Gasteiger partial charge >= 0.3 is 16.4 Å². The fraction of sp³-hybridized carbons (Fsp3) is 0.912. The fourth-order valence-corrected chi connectivity index (χ4v) is 5.88. The van der Waals surface area contributed by atoms with E-state index in [1.807, 2.05) is 0 Å². The minimum Gasteiger partial charge on any atom is -0.457 e. The van der Waals surface area contributed by atoms with Gasteiger partial charge in [0, 0.05) is 13.0 Å². The summed E-state index contributed by atoms with van der Waals surface area (Å²) in [5.41, 5.74) is 0. The SMILES string of the molecule is CCCCCCCC/C=C\CCCCCCCCOCC(COC1OC(CO)C(O)C(OS(=O)(=O)O)C1O)OC(=O)CCCCCC. The Labute approximate surface area is 283 Å². The number of carbonyl (C=O) groups excluding carboxylic acids is 1. The summed E-state index contributed by atoms with van der Waals surface area (Å²) in [6.45, 7) is 3.81. The van der Waals surface area contributed by atoms with E-state index in [-0.39, 0.29) is 19.6 Å².